The number of nitrogens with one attached hydrogen (secondary N) is 2. The highest BCUT2D eigenvalue weighted by Gasteiger charge is 2.21. The van der Waals surface area contributed by atoms with E-state index in [-0.39, 0.29) is 17.2 Å². The van der Waals surface area contributed by atoms with Gasteiger partial charge in [-0.3, -0.25) is 10.1 Å². The van der Waals surface area contributed by atoms with Crippen molar-refractivity contribution in [3.63, 3.8) is 0 Å². The van der Waals surface area contributed by atoms with Crippen LogP contribution in [-0.4, -0.2) is 34.8 Å². The lowest BCUT2D eigenvalue weighted by atomic mass is 10.2. The zero-order valence-corrected chi connectivity index (χ0v) is 15.1. The summed E-state index contributed by atoms with van der Waals surface area (Å²) in [4.78, 5) is 18.3. The maximum absolute atomic E-state index is 11.3. The third kappa shape index (κ3) is 3.97. The number of nitro benzene ring substituents is 1. The number of ether oxygens (including phenoxy) is 2. The molecule has 9 nitrogen and oxygen atoms in total. The molecule has 0 unspecified atom stereocenters. The van der Waals surface area contributed by atoms with Crippen LogP contribution in [0.2, 0.25) is 0 Å². The summed E-state index contributed by atoms with van der Waals surface area (Å²) < 4.78 is 10.6. The highest BCUT2D eigenvalue weighted by atomic mass is 16.6. The maximum atomic E-state index is 11.3. The van der Waals surface area contributed by atoms with E-state index in [0.29, 0.717) is 18.1 Å². The number of hydrazone groups is 1. The van der Waals surface area contributed by atoms with E-state index in [1.807, 2.05) is 25.1 Å². The van der Waals surface area contributed by atoms with Gasteiger partial charge in [-0.25, -0.2) is 10.4 Å². The lowest BCUT2D eigenvalue weighted by Gasteiger charge is -2.10. The van der Waals surface area contributed by atoms with E-state index in [9.17, 15) is 10.1 Å². The molecule has 0 aliphatic heterocycles. The quantitative estimate of drug-likeness (QED) is 0.373. The molecule has 140 valence electrons. The molecule has 9 heteroatoms. The molecule has 27 heavy (non-hydrogen) atoms. The number of methoxy groups -OCH3 is 1. The van der Waals surface area contributed by atoms with Gasteiger partial charge in [0, 0.05) is 11.6 Å². The van der Waals surface area contributed by atoms with Crippen LogP contribution in [0.15, 0.2) is 35.4 Å². The molecule has 0 aliphatic rings. The Labute approximate surface area is 155 Å². The van der Waals surface area contributed by atoms with Crippen molar-refractivity contribution >= 4 is 28.9 Å². The average Bonchev–Trinajstić information content (AvgIpc) is 3.03. The Morgan fingerprint density at radius 3 is 2.89 bits per heavy atom. The van der Waals surface area contributed by atoms with Gasteiger partial charge in [0.15, 0.2) is 5.75 Å². The zero-order chi connectivity index (χ0) is 19.4. The third-order valence-corrected chi connectivity index (χ3v) is 3.78. The van der Waals surface area contributed by atoms with E-state index >= 15 is 0 Å². The second-order valence-corrected chi connectivity index (χ2v) is 5.74. The summed E-state index contributed by atoms with van der Waals surface area (Å²) >= 11 is 0. The SMILES string of the molecule is CCOc1cc(/C=N\Nc2nc3ccc(C)cc3[nH]2)cc([N+](=O)[O-])c1OC. The second-order valence-electron chi connectivity index (χ2n) is 5.74. The summed E-state index contributed by atoms with van der Waals surface area (Å²) in [5.41, 5.74) is 5.92. The molecule has 0 fully saturated rings. The number of nitrogens with zero attached hydrogens (tertiary/aromatic N) is 3. The molecule has 0 saturated heterocycles. The largest absolute Gasteiger partial charge is 0.490 e. The molecule has 0 spiro atoms. The number of imidazole rings is 1. The van der Waals surface area contributed by atoms with E-state index in [4.69, 9.17) is 9.47 Å². The van der Waals surface area contributed by atoms with Crippen molar-refractivity contribution in [1.82, 2.24) is 9.97 Å². The topological polar surface area (TPSA) is 115 Å². The molecule has 2 N–H and O–H groups in total. The Morgan fingerprint density at radius 2 is 2.19 bits per heavy atom. The predicted octanol–water partition coefficient (Wildman–Crippen LogP) is 3.63. The van der Waals surface area contributed by atoms with E-state index < -0.39 is 4.92 Å². The molecule has 0 amide bonds. The Morgan fingerprint density at radius 1 is 1.37 bits per heavy atom. The molecule has 3 rings (SSSR count). The number of hydrogen-bond donors (Lipinski definition) is 2. The average molecular weight is 369 g/mol. The van der Waals surface area contributed by atoms with Crippen LogP contribution in [0.1, 0.15) is 18.1 Å². The van der Waals surface area contributed by atoms with Gasteiger partial charge in [-0.1, -0.05) is 6.07 Å². The van der Waals surface area contributed by atoms with Crippen molar-refractivity contribution in [2.24, 2.45) is 5.10 Å². The first-order valence-electron chi connectivity index (χ1n) is 8.26. The van der Waals surface area contributed by atoms with E-state index in [1.165, 1.54) is 19.4 Å². The van der Waals surface area contributed by atoms with Crippen molar-refractivity contribution in [3.05, 3.63) is 51.6 Å². The first-order valence-corrected chi connectivity index (χ1v) is 8.26. The summed E-state index contributed by atoms with van der Waals surface area (Å²) in [5.74, 6) is 0.842. The number of hydrogen-bond acceptors (Lipinski definition) is 7. The number of anilines is 1. The van der Waals surface area contributed by atoms with Crippen molar-refractivity contribution in [2.45, 2.75) is 13.8 Å². The molecule has 0 saturated carbocycles. The van der Waals surface area contributed by atoms with Crippen molar-refractivity contribution < 1.29 is 14.4 Å². The summed E-state index contributed by atoms with van der Waals surface area (Å²) in [6.45, 7) is 4.14. The van der Waals surface area contributed by atoms with Crippen LogP contribution in [0.4, 0.5) is 11.6 Å². The van der Waals surface area contributed by atoms with Crippen LogP contribution in [0.3, 0.4) is 0 Å². The lowest BCUT2D eigenvalue weighted by molar-refractivity contribution is -0.385. The smallest absolute Gasteiger partial charge is 0.315 e. The molecule has 2 aromatic carbocycles. The summed E-state index contributed by atoms with van der Waals surface area (Å²) in [7, 11) is 1.36. The van der Waals surface area contributed by atoms with E-state index in [0.717, 1.165) is 16.6 Å². The minimum Gasteiger partial charge on any atom is -0.490 e. The Kier molecular flexibility index (Phi) is 5.20. The minimum absolute atomic E-state index is 0.0830. The molecule has 1 aromatic heterocycles. The molecule has 0 atom stereocenters. The van der Waals surface area contributed by atoms with Crippen LogP contribution in [0.25, 0.3) is 11.0 Å². The van der Waals surface area contributed by atoms with Gasteiger partial charge in [0.05, 0.1) is 35.9 Å². The predicted molar refractivity (Wildman–Crippen MR) is 103 cm³/mol. The Bertz CT molecular complexity index is 1010. The highest BCUT2D eigenvalue weighted by molar-refractivity contribution is 5.84. The van der Waals surface area contributed by atoms with Gasteiger partial charge < -0.3 is 14.5 Å². The Balaban J connectivity index is 1.85. The number of nitro groups is 1. The fourth-order valence-electron chi connectivity index (χ4n) is 2.63. The number of aromatic nitrogens is 2. The van der Waals surface area contributed by atoms with Crippen molar-refractivity contribution in [1.29, 1.82) is 0 Å². The van der Waals surface area contributed by atoms with Crippen LogP contribution < -0.4 is 14.9 Å². The van der Waals surface area contributed by atoms with Gasteiger partial charge in [0.2, 0.25) is 11.7 Å². The third-order valence-electron chi connectivity index (χ3n) is 3.78. The van der Waals surface area contributed by atoms with Crippen LogP contribution in [0.5, 0.6) is 11.5 Å². The van der Waals surface area contributed by atoms with Gasteiger partial charge in [-0.05, 0) is 37.6 Å². The number of aromatic amines is 1. The van der Waals surface area contributed by atoms with Crippen LogP contribution in [-0.2, 0) is 0 Å². The molecule has 0 bridgehead atoms. The van der Waals surface area contributed by atoms with Crippen LogP contribution >= 0.6 is 0 Å². The fourth-order valence-corrected chi connectivity index (χ4v) is 2.63. The molecule has 1 heterocycles. The number of H-pyrrole nitrogens is 1. The van der Waals surface area contributed by atoms with Gasteiger partial charge in [0.1, 0.15) is 0 Å². The van der Waals surface area contributed by atoms with Gasteiger partial charge >= 0.3 is 5.69 Å². The first-order chi connectivity index (χ1) is 13.0. The summed E-state index contributed by atoms with van der Waals surface area (Å²) in [6, 6.07) is 8.87. The highest BCUT2D eigenvalue weighted by Crippen LogP contribution is 2.37. The molecule has 0 radical (unpaired) electrons. The standard InChI is InChI=1S/C18H19N5O4/c1-4-27-16-9-12(8-15(23(24)25)17(16)26-3)10-19-22-18-20-13-6-5-11(2)7-14(13)21-18/h5-10H,4H2,1-3H3,(H2,20,21,22)/b19-10-. The van der Waals surface area contributed by atoms with Crippen molar-refractivity contribution in [2.75, 3.05) is 19.1 Å². The van der Waals surface area contributed by atoms with Gasteiger partial charge in [-0.15, -0.1) is 0 Å². The Hall–Kier alpha value is -3.62. The summed E-state index contributed by atoms with van der Waals surface area (Å²) in [5, 5.41) is 15.4. The minimum atomic E-state index is -0.520. The molecular formula is C18H19N5O4. The van der Waals surface area contributed by atoms with Gasteiger partial charge in [0.25, 0.3) is 0 Å². The lowest BCUT2D eigenvalue weighted by Crippen LogP contribution is -2.01. The fraction of sp³-hybridized carbons (Fsp3) is 0.222. The summed E-state index contributed by atoms with van der Waals surface area (Å²) in [6.07, 6.45) is 1.45. The van der Waals surface area contributed by atoms with Crippen molar-refractivity contribution in [3.8, 4) is 11.5 Å². The number of fused-ring (bicyclic) bond motifs is 1. The monoisotopic (exact) mass is 369 g/mol. The van der Waals surface area contributed by atoms with Crippen LogP contribution in [0, 0.1) is 17.0 Å². The molecule has 0 aliphatic carbocycles. The molecule has 3 aromatic rings. The first kappa shape index (κ1) is 18.2. The maximum Gasteiger partial charge on any atom is 0.315 e. The van der Waals surface area contributed by atoms with E-state index in [1.54, 1.807) is 13.0 Å². The normalized spacial score (nSPS) is 11.1. The number of aryl methyl sites for hydroxylation is 1. The molecular weight excluding hydrogens is 350 g/mol. The van der Waals surface area contributed by atoms with E-state index in [2.05, 4.69) is 20.5 Å². The zero-order valence-electron chi connectivity index (χ0n) is 15.1. The second kappa shape index (κ2) is 7.73. The van der Waals surface area contributed by atoms with Gasteiger partial charge in [-0.2, -0.15) is 5.10 Å². The number of rotatable bonds is 7. The number of benzene rings is 2.